The topological polar surface area (TPSA) is 73.4 Å². The molecule has 1 unspecified atom stereocenters. The van der Waals surface area contributed by atoms with Gasteiger partial charge in [-0.05, 0) is 13.0 Å². The smallest absolute Gasteiger partial charge is 0.367 e. The van der Waals surface area contributed by atoms with Crippen LogP contribution in [0.15, 0.2) is 30.6 Å². The Balaban J connectivity index is 1.99. The monoisotopic (exact) mass is 370 g/mol. The van der Waals surface area contributed by atoms with Gasteiger partial charge in [0.05, 0.1) is 29.8 Å². The van der Waals surface area contributed by atoms with Crippen molar-refractivity contribution in [2.75, 3.05) is 24.6 Å². The summed E-state index contributed by atoms with van der Waals surface area (Å²) < 4.78 is 47.8. The predicted octanol–water partition coefficient (Wildman–Crippen LogP) is 3.10. The van der Waals surface area contributed by atoms with E-state index < -0.39 is 28.0 Å². The van der Waals surface area contributed by atoms with E-state index in [0.29, 0.717) is 6.07 Å². The number of anilines is 1. The molecule has 1 fully saturated rings. The third-order valence-corrected chi connectivity index (χ3v) is 4.43. The highest BCUT2D eigenvalue weighted by Gasteiger charge is 2.40. The van der Waals surface area contributed by atoms with Gasteiger partial charge in [0.15, 0.2) is 0 Å². The van der Waals surface area contributed by atoms with Crippen LogP contribution < -0.4 is 4.90 Å². The van der Waals surface area contributed by atoms with Crippen LogP contribution >= 0.6 is 0 Å². The molecule has 3 rings (SSSR count). The average molecular weight is 370 g/mol. The van der Waals surface area contributed by atoms with Crippen LogP contribution in [0, 0.1) is 10.1 Å². The number of benzene rings is 1. The zero-order valence-electron chi connectivity index (χ0n) is 14.2. The molecule has 0 aliphatic carbocycles. The number of ether oxygens (including phenoxy) is 1. The van der Waals surface area contributed by atoms with E-state index in [2.05, 4.69) is 5.10 Å². The number of alkyl halides is 3. The number of hydrogen-bond donors (Lipinski definition) is 0. The van der Waals surface area contributed by atoms with Crippen molar-refractivity contribution in [3.8, 4) is 0 Å². The highest BCUT2D eigenvalue weighted by Crippen LogP contribution is 2.41. The maximum Gasteiger partial charge on any atom is 0.418 e. The lowest BCUT2D eigenvalue weighted by atomic mass is 9.96. The summed E-state index contributed by atoms with van der Waals surface area (Å²) in [7, 11) is 1.74. The SMILES string of the molecule is Cn1cc(C2(C)CN(c3ccc([N+](=O)[O-])cc3C(F)(F)F)CCO2)cn1. The van der Waals surface area contributed by atoms with E-state index >= 15 is 0 Å². The first-order chi connectivity index (χ1) is 12.1. The van der Waals surface area contributed by atoms with E-state index in [9.17, 15) is 23.3 Å². The molecule has 2 heterocycles. The van der Waals surface area contributed by atoms with Crippen molar-refractivity contribution in [1.29, 1.82) is 0 Å². The lowest BCUT2D eigenvalue weighted by Crippen LogP contribution is -2.48. The summed E-state index contributed by atoms with van der Waals surface area (Å²) in [6.07, 6.45) is -1.33. The number of non-ortho nitro benzene ring substituents is 1. The van der Waals surface area contributed by atoms with Crippen LogP contribution in [-0.4, -0.2) is 34.4 Å². The highest BCUT2D eigenvalue weighted by molar-refractivity contribution is 5.60. The number of nitrogens with zero attached hydrogens (tertiary/aromatic N) is 4. The second-order valence-corrected chi connectivity index (χ2v) is 6.36. The predicted molar refractivity (Wildman–Crippen MR) is 86.8 cm³/mol. The Kier molecular flexibility index (Phi) is 4.39. The molecule has 1 atom stereocenters. The first-order valence-corrected chi connectivity index (χ1v) is 7.84. The number of aromatic nitrogens is 2. The zero-order valence-corrected chi connectivity index (χ0v) is 14.2. The molecule has 0 bridgehead atoms. The van der Waals surface area contributed by atoms with Gasteiger partial charge in [0.2, 0.25) is 0 Å². The number of nitro benzene ring substituents is 1. The summed E-state index contributed by atoms with van der Waals surface area (Å²) >= 11 is 0. The summed E-state index contributed by atoms with van der Waals surface area (Å²) in [5, 5.41) is 14.9. The van der Waals surface area contributed by atoms with Crippen molar-refractivity contribution in [2.24, 2.45) is 7.05 Å². The first kappa shape index (κ1) is 18.2. The lowest BCUT2D eigenvalue weighted by Gasteiger charge is -2.41. The van der Waals surface area contributed by atoms with E-state index in [1.54, 1.807) is 35.9 Å². The Morgan fingerprint density at radius 3 is 2.69 bits per heavy atom. The highest BCUT2D eigenvalue weighted by atomic mass is 19.4. The number of rotatable bonds is 3. The van der Waals surface area contributed by atoms with Crippen molar-refractivity contribution in [1.82, 2.24) is 9.78 Å². The Labute approximate surface area is 147 Å². The minimum Gasteiger partial charge on any atom is -0.367 e. The van der Waals surface area contributed by atoms with Gasteiger partial charge in [0.25, 0.3) is 5.69 Å². The number of aryl methyl sites for hydroxylation is 1. The molecule has 1 aliphatic heterocycles. The molecular weight excluding hydrogens is 353 g/mol. The van der Waals surface area contributed by atoms with Crippen LogP contribution in [0.2, 0.25) is 0 Å². The van der Waals surface area contributed by atoms with Crippen molar-refractivity contribution in [3.05, 3.63) is 51.8 Å². The zero-order chi connectivity index (χ0) is 19.1. The minimum atomic E-state index is -4.70. The number of nitro groups is 1. The van der Waals surface area contributed by atoms with Gasteiger partial charge in [-0.3, -0.25) is 14.8 Å². The van der Waals surface area contributed by atoms with Crippen LogP contribution in [0.4, 0.5) is 24.5 Å². The normalized spacial score (nSPS) is 21.0. The maximum atomic E-state index is 13.5. The Hall–Kier alpha value is -2.62. The van der Waals surface area contributed by atoms with Crippen molar-refractivity contribution in [2.45, 2.75) is 18.7 Å². The molecule has 1 aromatic heterocycles. The fraction of sp³-hybridized carbons (Fsp3) is 0.438. The maximum absolute atomic E-state index is 13.5. The molecule has 26 heavy (non-hydrogen) atoms. The molecule has 0 amide bonds. The Morgan fingerprint density at radius 2 is 2.12 bits per heavy atom. The van der Waals surface area contributed by atoms with Gasteiger partial charge in [0, 0.05) is 43.2 Å². The summed E-state index contributed by atoms with van der Waals surface area (Å²) in [4.78, 5) is 11.6. The van der Waals surface area contributed by atoms with E-state index in [-0.39, 0.29) is 25.4 Å². The molecule has 0 saturated carbocycles. The summed E-state index contributed by atoms with van der Waals surface area (Å²) in [5.74, 6) is 0. The molecule has 0 spiro atoms. The quantitative estimate of drug-likeness (QED) is 0.613. The molecule has 1 aromatic carbocycles. The van der Waals surface area contributed by atoms with Crippen LogP contribution in [0.25, 0.3) is 0 Å². The summed E-state index contributed by atoms with van der Waals surface area (Å²) in [5.41, 5.74) is -1.80. The molecule has 0 radical (unpaired) electrons. The van der Waals surface area contributed by atoms with E-state index in [1.165, 1.54) is 0 Å². The van der Waals surface area contributed by atoms with Crippen LogP contribution in [-0.2, 0) is 23.6 Å². The van der Waals surface area contributed by atoms with Crippen LogP contribution in [0.3, 0.4) is 0 Å². The minimum absolute atomic E-state index is 0.0958. The van der Waals surface area contributed by atoms with E-state index in [0.717, 1.165) is 17.7 Å². The lowest BCUT2D eigenvalue weighted by molar-refractivity contribution is -0.385. The molecule has 10 heteroatoms. The third-order valence-electron chi connectivity index (χ3n) is 4.43. The second-order valence-electron chi connectivity index (χ2n) is 6.36. The number of halogens is 3. The molecule has 1 aliphatic rings. The number of hydrogen-bond acceptors (Lipinski definition) is 5. The molecule has 2 aromatic rings. The first-order valence-electron chi connectivity index (χ1n) is 7.84. The van der Waals surface area contributed by atoms with Gasteiger partial charge in [-0.25, -0.2) is 0 Å². The van der Waals surface area contributed by atoms with E-state index in [1.807, 2.05) is 0 Å². The van der Waals surface area contributed by atoms with Gasteiger partial charge < -0.3 is 9.64 Å². The fourth-order valence-corrected chi connectivity index (χ4v) is 3.08. The van der Waals surface area contributed by atoms with Crippen LogP contribution in [0.5, 0.6) is 0 Å². The van der Waals surface area contributed by atoms with Crippen molar-refractivity contribution >= 4 is 11.4 Å². The Morgan fingerprint density at radius 1 is 1.38 bits per heavy atom. The largest absolute Gasteiger partial charge is 0.418 e. The Bertz CT molecular complexity index is 836. The van der Waals surface area contributed by atoms with Gasteiger partial charge in [0.1, 0.15) is 5.60 Å². The van der Waals surface area contributed by atoms with Gasteiger partial charge in [-0.1, -0.05) is 0 Å². The van der Waals surface area contributed by atoms with Crippen LogP contribution in [0.1, 0.15) is 18.1 Å². The molecule has 7 nitrogen and oxygen atoms in total. The van der Waals surface area contributed by atoms with E-state index in [4.69, 9.17) is 4.74 Å². The van der Waals surface area contributed by atoms with Crippen molar-refractivity contribution in [3.63, 3.8) is 0 Å². The molecule has 140 valence electrons. The molecular formula is C16H17F3N4O3. The van der Waals surface area contributed by atoms with Gasteiger partial charge in [-0.2, -0.15) is 18.3 Å². The molecule has 1 saturated heterocycles. The average Bonchev–Trinajstić information content (AvgIpc) is 3.01. The summed E-state index contributed by atoms with van der Waals surface area (Å²) in [6.45, 7) is 2.42. The van der Waals surface area contributed by atoms with Crippen molar-refractivity contribution < 1.29 is 22.8 Å². The van der Waals surface area contributed by atoms with Gasteiger partial charge in [-0.15, -0.1) is 0 Å². The number of morpholine rings is 1. The third kappa shape index (κ3) is 3.36. The van der Waals surface area contributed by atoms with Gasteiger partial charge >= 0.3 is 6.18 Å². The molecule has 0 N–H and O–H groups in total. The summed E-state index contributed by atoms with van der Waals surface area (Å²) in [6, 6.07) is 2.81. The standard InChI is InChI=1S/C16H17F3N4O3/c1-15(11-8-20-21(2)9-11)10-22(5-6-26-15)14-4-3-12(23(24)25)7-13(14)16(17,18)19/h3-4,7-9H,5-6,10H2,1-2H3. The second kappa shape index (κ2) is 6.27. The fourth-order valence-electron chi connectivity index (χ4n) is 3.08.